The number of aromatic nitrogens is 5. The number of fused-ring (bicyclic) bond motifs is 1. The summed E-state index contributed by atoms with van der Waals surface area (Å²) in [6.45, 7) is 0. The Morgan fingerprint density at radius 2 is 2.36 bits per heavy atom. The maximum atomic E-state index is 5.33. The molecule has 56 valence electrons. The molecule has 2 heterocycles. The molecular weight excluding hydrogens is 144 g/mol. The lowest BCUT2D eigenvalue weighted by Crippen LogP contribution is -1.95. The number of nitrogen functional groups attached to an aromatic ring is 1. The van der Waals surface area contributed by atoms with Crippen LogP contribution >= 0.6 is 0 Å². The van der Waals surface area contributed by atoms with E-state index in [1.54, 1.807) is 17.9 Å². The predicted octanol–water partition coefficient (Wildman–Crippen LogP) is -0.660. The number of anilines is 1. The third-order valence-corrected chi connectivity index (χ3v) is 1.39. The fraction of sp³-hybridized carbons (Fsp3) is 0.200. The van der Waals surface area contributed by atoms with Crippen LogP contribution in [0.4, 0.5) is 5.95 Å². The van der Waals surface area contributed by atoms with Crippen molar-refractivity contribution in [2.45, 2.75) is 0 Å². The highest BCUT2D eigenvalue weighted by atomic mass is 15.4. The Labute approximate surface area is 62.1 Å². The van der Waals surface area contributed by atoms with Gasteiger partial charge in [-0.15, -0.1) is 5.10 Å². The molecule has 0 spiro atoms. The van der Waals surface area contributed by atoms with E-state index in [-0.39, 0.29) is 5.95 Å². The van der Waals surface area contributed by atoms with E-state index in [0.29, 0.717) is 5.65 Å². The number of rotatable bonds is 0. The summed E-state index contributed by atoms with van der Waals surface area (Å²) in [6, 6.07) is 0. The van der Waals surface area contributed by atoms with Crippen molar-refractivity contribution in [3.63, 3.8) is 0 Å². The average molecular weight is 150 g/mol. The van der Waals surface area contributed by atoms with E-state index in [1.165, 1.54) is 0 Å². The minimum absolute atomic E-state index is 0.220. The Morgan fingerprint density at radius 1 is 1.55 bits per heavy atom. The van der Waals surface area contributed by atoms with Gasteiger partial charge in [0.15, 0.2) is 0 Å². The van der Waals surface area contributed by atoms with Crippen molar-refractivity contribution in [1.82, 2.24) is 25.0 Å². The SMILES string of the molecule is Cn1nnc2nc(N)ncc21. The third kappa shape index (κ3) is 0.794. The van der Waals surface area contributed by atoms with Gasteiger partial charge in [-0.25, -0.2) is 9.67 Å². The standard InChI is InChI=1S/C5H6N6/c1-11-3-2-7-5(6)8-4(3)9-10-11/h2H,1H3,(H2,6,7,8). The van der Waals surface area contributed by atoms with Gasteiger partial charge < -0.3 is 5.73 Å². The molecule has 0 bridgehead atoms. The molecule has 0 unspecified atom stereocenters. The average Bonchev–Trinajstić information content (AvgIpc) is 2.32. The lowest BCUT2D eigenvalue weighted by atomic mass is 10.5. The van der Waals surface area contributed by atoms with Crippen molar-refractivity contribution in [3.05, 3.63) is 6.20 Å². The zero-order valence-corrected chi connectivity index (χ0v) is 5.89. The first-order valence-corrected chi connectivity index (χ1v) is 3.05. The number of nitrogens with zero attached hydrogens (tertiary/aromatic N) is 5. The maximum Gasteiger partial charge on any atom is 0.222 e. The molecule has 0 saturated carbocycles. The van der Waals surface area contributed by atoms with Gasteiger partial charge in [0.1, 0.15) is 5.52 Å². The van der Waals surface area contributed by atoms with Gasteiger partial charge >= 0.3 is 0 Å². The molecule has 2 N–H and O–H groups in total. The molecule has 6 nitrogen and oxygen atoms in total. The van der Waals surface area contributed by atoms with Crippen LogP contribution in [0.5, 0.6) is 0 Å². The molecule has 11 heavy (non-hydrogen) atoms. The van der Waals surface area contributed by atoms with Gasteiger partial charge in [-0.05, 0) is 0 Å². The highest BCUT2D eigenvalue weighted by Gasteiger charge is 2.01. The number of hydrogen-bond acceptors (Lipinski definition) is 5. The van der Waals surface area contributed by atoms with Crippen molar-refractivity contribution >= 4 is 17.1 Å². The van der Waals surface area contributed by atoms with E-state index in [9.17, 15) is 0 Å². The molecule has 0 radical (unpaired) electrons. The molecule has 0 amide bonds. The van der Waals surface area contributed by atoms with Gasteiger partial charge in [-0.1, -0.05) is 5.21 Å². The highest BCUT2D eigenvalue weighted by molar-refractivity contribution is 5.69. The van der Waals surface area contributed by atoms with Crippen LogP contribution in [0.2, 0.25) is 0 Å². The number of aryl methyl sites for hydroxylation is 1. The van der Waals surface area contributed by atoms with Crippen LogP contribution < -0.4 is 5.73 Å². The zero-order valence-electron chi connectivity index (χ0n) is 5.89. The smallest absolute Gasteiger partial charge is 0.222 e. The summed E-state index contributed by atoms with van der Waals surface area (Å²) < 4.78 is 1.59. The summed E-state index contributed by atoms with van der Waals surface area (Å²) >= 11 is 0. The zero-order chi connectivity index (χ0) is 7.84. The second-order valence-corrected chi connectivity index (χ2v) is 2.15. The van der Waals surface area contributed by atoms with E-state index in [2.05, 4.69) is 20.3 Å². The molecule has 0 aliphatic carbocycles. The highest BCUT2D eigenvalue weighted by Crippen LogP contribution is 2.04. The van der Waals surface area contributed by atoms with Crippen LogP contribution in [0, 0.1) is 0 Å². The lowest BCUT2D eigenvalue weighted by Gasteiger charge is -1.90. The molecule has 0 fully saturated rings. The molecular formula is C5H6N6. The van der Waals surface area contributed by atoms with Crippen LogP contribution in [-0.4, -0.2) is 25.0 Å². The van der Waals surface area contributed by atoms with Crippen LogP contribution in [0.1, 0.15) is 0 Å². The molecule has 0 atom stereocenters. The van der Waals surface area contributed by atoms with Gasteiger partial charge in [0.25, 0.3) is 0 Å². The van der Waals surface area contributed by atoms with E-state index >= 15 is 0 Å². The third-order valence-electron chi connectivity index (χ3n) is 1.39. The van der Waals surface area contributed by atoms with Gasteiger partial charge in [0.2, 0.25) is 11.6 Å². The van der Waals surface area contributed by atoms with E-state index in [4.69, 9.17) is 5.73 Å². The Kier molecular flexibility index (Phi) is 1.03. The molecule has 2 rings (SSSR count). The van der Waals surface area contributed by atoms with E-state index < -0.39 is 0 Å². The second-order valence-electron chi connectivity index (χ2n) is 2.15. The first kappa shape index (κ1) is 6.02. The van der Waals surface area contributed by atoms with Crippen molar-refractivity contribution in [1.29, 1.82) is 0 Å². The van der Waals surface area contributed by atoms with Gasteiger partial charge in [-0.2, -0.15) is 4.98 Å². The second kappa shape index (κ2) is 1.88. The van der Waals surface area contributed by atoms with Crippen molar-refractivity contribution in [3.8, 4) is 0 Å². The summed E-state index contributed by atoms with van der Waals surface area (Å²) in [5.74, 6) is 0.220. The molecule has 2 aromatic heterocycles. The monoisotopic (exact) mass is 150 g/mol. The summed E-state index contributed by atoms with van der Waals surface area (Å²) in [4.78, 5) is 7.67. The predicted molar refractivity (Wildman–Crippen MR) is 38.5 cm³/mol. The Hall–Kier alpha value is -1.72. The normalized spacial score (nSPS) is 10.6. The molecule has 0 aromatic carbocycles. The summed E-state index contributed by atoms with van der Waals surface area (Å²) in [5, 5.41) is 7.51. The van der Waals surface area contributed by atoms with Crippen molar-refractivity contribution in [2.24, 2.45) is 7.05 Å². The van der Waals surface area contributed by atoms with E-state index in [1.807, 2.05) is 0 Å². The topological polar surface area (TPSA) is 82.5 Å². The minimum Gasteiger partial charge on any atom is -0.368 e. The maximum absolute atomic E-state index is 5.33. The Morgan fingerprint density at radius 3 is 3.18 bits per heavy atom. The Balaban J connectivity index is 2.86. The van der Waals surface area contributed by atoms with Crippen molar-refractivity contribution < 1.29 is 0 Å². The fourth-order valence-electron chi connectivity index (χ4n) is 0.839. The number of hydrogen-bond donors (Lipinski definition) is 1. The van der Waals surface area contributed by atoms with Gasteiger partial charge in [0.05, 0.1) is 6.20 Å². The summed E-state index contributed by atoms with van der Waals surface area (Å²) in [7, 11) is 1.77. The van der Waals surface area contributed by atoms with Crippen LogP contribution in [0.3, 0.4) is 0 Å². The first-order valence-electron chi connectivity index (χ1n) is 3.05. The summed E-state index contributed by atoms with van der Waals surface area (Å²) in [6.07, 6.45) is 1.59. The fourth-order valence-corrected chi connectivity index (χ4v) is 0.839. The van der Waals surface area contributed by atoms with Crippen LogP contribution in [0.25, 0.3) is 11.2 Å². The molecule has 2 aromatic rings. The minimum atomic E-state index is 0.220. The van der Waals surface area contributed by atoms with Crippen molar-refractivity contribution in [2.75, 3.05) is 5.73 Å². The molecule has 6 heteroatoms. The van der Waals surface area contributed by atoms with Crippen LogP contribution in [0.15, 0.2) is 6.20 Å². The van der Waals surface area contributed by atoms with Gasteiger partial charge in [0, 0.05) is 7.05 Å². The lowest BCUT2D eigenvalue weighted by molar-refractivity contribution is 0.735. The molecule has 0 saturated heterocycles. The Bertz CT molecular complexity index is 391. The van der Waals surface area contributed by atoms with E-state index in [0.717, 1.165) is 5.52 Å². The molecule has 0 aliphatic heterocycles. The quantitative estimate of drug-likeness (QED) is 0.539. The summed E-state index contributed by atoms with van der Waals surface area (Å²) in [5.41, 5.74) is 6.64. The first-order chi connectivity index (χ1) is 5.27. The van der Waals surface area contributed by atoms with Gasteiger partial charge in [-0.3, -0.25) is 0 Å². The molecule has 0 aliphatic rings. The van der Waals surface area contributed by atoms with Crippen LogP contribution in [-0.2, 0) is 7.05 Å². The number of nitrogens with two attached hydrogens (primary N) is 1. The largest absolute Gasteiger partial charge is 0.368 e.